The number of hydrogen-bond acceptors (Lipinski definition) is 5. The van der Waals surface area contributed by atoms with Gasteiger partial charge < -0.3 is 19.2 Å². The van der Waals surface area contributed by atoms with E-state index in [1.807, 2.05) is 24.0 Å². The van der Waals surface area contributed by atoms with Crippen LogP contribution in [-0.4, -0.2) is 58.5 Å². The van der Waals surface area contributed by atoms with Crippen LogP contribution in [0.15, 0.2) is 52.1 Å². The van der Waals surface area contributed by atoms with Gasteiger partial charge in [0, 0.05) is 44.8 Å². The van der Waals surface area contributed by atoms with Crippen molar-refractivity contribution in [3.8, 4) is 5.75 Å². The van der Waals surface area contributed by atoms with Gasteiger partial charge in [-0.05, 0) is 49.2 Å². The van der Waals surface area contributed by atoms with Gasteiger partial charge in [0.05, 0.1) is 18.1 Å². The van der Waals surface area contributed by atoms with Crippen LogP contribution in [-0.2, 0) is 13.1 Å². The van der Waals surface area contributed by atoms with Gasteiger partial charge in [-0.2, -0.15) is 0 Å². The van der Waals surface area contributed by atoms with E-state index in [0.717, 1.165) is 31.8 Å². The van der Waals surface area contributed by atoms with Gasteiger partial charge in [0.25, 0.3) is 5.91 Å². The maximum atomic E-state index is 13.2. The van der Waals surface area contributed by atoms with E-state index in [2.05, 4.69) is 22.0 Å². The molecule has 0 aliphatic carbocycles. The normalized spacial score (nSPS) is 15.0. The molecule has 0 spiro atoms. The Bertz CT molecular complexity index is 1230. The zero-order valence-corrected chi connectivity index (χ0v) is 18.5. The number of nitrogens with zero attached hydrogens (tertiary/aromatic N) is 3. The monoisotopic (exact) mass is 436 g/mol. The first-order chi connectivity index (χ1) is 15.5. The number of carbonyl (C=O) groups is 1. The highest BCUT2D eigenvalue weighted by Crippen LogP contribution is 2.17. The Morgan fingerprint density at radius 3 is 2.53 bits per heavy atom. The molecule has 2 aromatic carbocycles. The third-order valence-corrected chi connectivity index (χ3v) is 5.98. The number of aromatic amines is 1. The average Bonchev–Trinajstić information content (AvgIpc) is 3.05. The molecule has 0 unspecified atom stereocenters. The standard InChI is InChI=1S/C24H28N4O4/c1-3-28-21-10-7-18(15-20(21)25-22(29)24(28)31)23(30)27-12-4-11-26(13-14-27)16-17-5-8-19(32-2)9-6-17/h5-10,15H,3-4,11-14,16H2,1-2H3,(H,25,29). The molecule has 1 aliphatic heterocycles. The van der Waals surface area contributed by atoms with E-state index in [1.54, 1.807) is 25.3 Å². The molecule has 1 aromatic heterocycles. The first kappa shape index (κ1) is 21.8. The third kappa shape index (κ3) is 4.45. The SMILES string of the molecule is CCn1c(=O)c(=O)[nH]c2cc(C(=O)N3CCCN(Cc4ccc(OC)cc4)CC3)ccc21. The number of carbonyl (C=O) groups excluding carboxylic acids is 1. The number of fused-ring (bicyclic) bond motifs is 1. The smallest absolute Gasteiger partial charge is 0.316 e. The Kier molecular flexibility index (Phi) is 6.41. The van der Waals surface area contributed by atoms with E-state index < -0.39 is 11.1 Å². The van der Waals surface area contributed by atoms with Crippen molar-refractivity contribution in [3.05, 3.63) is 74.3 Å². The second kappa shape index (κ2) is 9.40. The number of nitrogens with one attached hydrogen (secondary N) is 1. The van der Waals surface area contributed by atoms with Gasteiger partial charge in [0.1, 0.15) is 5.75 Å². The number of ether oxygens (including phenoxy) is 1. The highest BCUT2D eigenvalue weighted by molar-refractivity contribution is 5.97. The molecule has 3 aromatic rings. The maximum Gasteiger partial charge on any atom is 0.316 e. The molecule has 1 aliphatic rings. The fourth-order valence-electron chi connectivity index (χ4n) is 4.23. The van der Waals surface area contributed by atoms with Crippen LogP contribution in [0.1, 0.15) is 29.3 Å². The number of amides is 1. The molecule has 1 N–H and O–H groups in total. The van der Waals surface area contributed by atoms with E-state index in [-0.39, 0.29) is 5.91 Å². The number of aromatic nitrogens is 2. The number of aryl methyl sites for hydroxylation is 1. The van der Waals surface area contributed by atoms with Crippen molar-refractivity contribution in [1.29, 1.82) is 0 Å². The van der Waals surface area contributed by atoms with Crippen molar-refractivity contribution in [2.24, 2.45) is 0 Å². The van der Waals surface area contributed by atoms with Crippen LogP contribution in [0.3, 0.4) is 0 Å². The van der Waals surface area contributed by atoms with E-state index in [1.165, 1.54) is 10.1 Å². The summed E-state index contributed by atoms with van der Waals surface area (Å²) in [5.74, 6) is 0.780. The van der Waals surface area contributed by atoms with Gasteiger partial charge in [-0.25, -0.2) is 0 Å². The molecule has 168 valence electrons. The number of hydrogen-bond donors (Lipinski definition) is 1. The highest BCUT2D eigenvalue weighted by atomic mass is 16.5. The number of H-pyrrole nitrogens is 1. The zero-order chi connectivity index (χ0) is 22.7. The first-order valence-corrected chi connectivity index (χ1v) is 10.9. The van der Waals surface area contributed by atoms with Crippen molar-refractivity contribution in [3.63, 3.8) is 0 Å². The van der Waals surface area contributed by atoms with Crippen molar-refractivity contribution >= 4 is 16.9 Å². The third-order valence-electron chi connectivity index (χ3n) is 5.98. The van der Waals surface area contributed by atoms with Gasteiger partial charge in [-0.1, -0.05) is 12.1 Å². The molecule has 32 heavy (non-hydrogen) atoms. The van der Waals surface area contributed by atoms with Gasteiger partial charge in [-0.3, -0.25) is 19.3 Å². The summed E-state index contributed by atoms with van der Waals surface area (Å²) in [6.45, 7) is 6.06. The second-order valence-corrected chi connectivity index (χ2v) is 8.01. The summed E-state index contributed by atoms with van der Waals surface area (Å²) in [4.78, 5) is 44.0. The summed E-state index contributed by atoms with van der Waals surface area (Å²) in [7, 11) is 1.66. The van der Waals surface area contributed by atoms with Crippen molar-refractivity contribution in [2.75, 3.05) is 33.3 Å². The van der Waals surface area contributed by atoms with Gasteiger partial charge >= 0.3 is 11.1 Å². The molecule has 0 atom stereocenters. The fraction of sp³-hybridized carbons (Fsp3) is 0.375. The van der Waals surface area contributed by atoms with Crippen LogP contribution in [0.2, 0.25) is 0 Å². The summed E-state index contributed by atoms with van der Waals surface area (Å²) in [6, 6.07) is 13.2. The minimum absolute atomic E-state index is 0.0618. The topological polar surface area (TPSA) is 87.6 Å². The highest BCUT2D eigenvalue weighted by Gasteiger charge is 2.21. The van der Waals surface area contributed by atoms with E-state index in [4.69, 9.17) is 4.74 Å². The Balaban J connectivity index is 1.47. The summed E-state index contributed by atoms with van der Waals surface area (Å²) in [5, 5.41) is 0. The number of methoxy groups -OCH3 is 1. The lowest BCUT2D eigenvalue weighted by atomic mass is 10.1. The molecule has 1 saturated heterocycles. The van der Waals surface area contributed by atoms with Crippen molar-refractivity contribution in [1.82, 2.24) is 19.4 Å². The van der Waals surface area contributed by atoms with Crippen LogP contribution in [0.25, 0.3) is 11.0 Å². The Morgan fingerprint density at radius 2 is 1.81 bits per heavy atom. The lowest BCUT2D eigenvalue weighted by Crippen LogP contribution is -2.36. The summed E-state index contributed by atoms with van der Waals surface area (Å²) < 4.78 is 6.64. The molecular weight excluding hydrogens is 408 g/mol. The molecule has 1 fully saturated rings. The second-order valence-electron chi connectivity index (χ2n) is 8.01. The Labute approximate surface area is 186 Å². The fourth-order valence-corrected chi connectivity index (χ4v) is 4.23. The number of benzene rings is 2. The molecule has 1 amide bonds. The van der Waals surface area contributed by atoms with Crippen molar-refractivity contribution < 1.29 is 9.53 Å². The molecule has 2 heterocycles. The first-order valence-electron chi connectivity index (χ1n) is 10.9. The molecule has 0 radical (unpaired) electrons. The lowest BCUT2D eigenvalue weighted by Gasteiger charge is -2.22. The molecule has 4 rings (SSSR count). The minimum Gasteiger partial charge on any atom is -0.497 e. The Hall–Kier alpha value is -3.39. The number of rotatable bonds is 5. The van der Waals surface area contributed by atoms with Gasteiger partial charge in [-0.15, -0.1) is 0 Å². The lowest BCUT2D eigenvalue weighted by molar-refractivity contribution is 0.0761. The largest absolute Gasteiger partial charge is 0.497 e. The van der Waals surface area contributed by atoms with Gasteiger partial charge in [0.2, 0.25) is 0 Å². The predicted octanol–water partition coefficient (Wildman–Crippen LogP) is 2.07. The summed E-state index contributed by atoms with van der Waals surface area (Å²) >= 11 is 0. The van der Waals surface area contributed by atoms with Crippen LogP contribution < -0.4 is 15.9 Å². The summed E-state index contributed by atoms with van der Waals surface area (Å²) in [5.41, 5.74) is 1.59. The molecule has 0 bridgehead atoms. The molecular formula is C24H28N4O4. The van der Waals surface area contributed by atoms with E-state index in [0.29, 0.717) is 36.2 Å². The van der Waals surface area contributed by atoms with Gasteiger partial charge in [0.15, 0.2) is 0 Å². The van der Waals surface area contributed by atoms with Crippen LogP contribution >= 0.6 is 0 Å². The quantitative estimate of drug-likeness (QED) is 0.619. The zero-order valence-electron chi connectivity index (χ0n) is 18.5. The van der Waals surface area contributed by atoms with Crippen LogP contribution in [0.4, 0.5) is 0 Å². The van der Waals surface area contributed by atoms with E-state index >= 15 is 0 Å². The average molecular weight is 437 g/mol. The van der Waals surface area contributed by atoms with Crippen LogP contribution in [0.5, 0.6) is 5.75 Å². The minimum atomic E-state index is -0.673. The Morgan fingerprint density at radius 1 is 1.03 bits per heavy atom. The molecule has 0 saturated carbocycles. The molecule has 8 nitrogen and oxygen atoms in total. The molecule has 8 heteroatoms. The van der Waals surface area contributed by atoms with Crippen molar-refractivity contribution in [2.45, 2.75) is 26.4 Å². The predicted molar refractivity (Wildman–Crippen MR) is 123 cm³/mol. The van der Waals surface area contributed by atoms with Crippen LogP contribution in [0, 0.1) is 0 Å². The summed E-state index contributed by atoms with van der Waals surface area (Å²) in [6.07, 6.45) is 0.891. The van der Waals surface area contributed by atoms with E-state index in [9.17, 15) is 14.4 Å². The maximum absolute atomic E-state index is 13.2.